The fourth-order valence-corrected chi connectivity index (χ4v) is 13.9. The van der Waals surface area contributed by atoms with Crippen LogP contribution in [0.4, 0.5) is 0 Å². The van der Waals surface area contributed by atoms with Crippen molar-refractivity contribution in [3.8, 4) is 89.5 Å². The van der Waals surface area contributed by atoms with Gasteiger partial charge in [-0.3, -0.25) is 0 Å². The molecule has 0 saturated carbocycles. The molecule has 4 heterocycles. The van der Waals surface area contributed by atoms with Crippen LogP contribution >= 0.6 is 0 Å². The zero-order chi connectivity index (χ0) is 60.6. The zero-order valence-electron chi connectivity index (χ0n) is 52.2. The van der Waals surface area contributed by atoms with Gasteiger partial charge >= 0.3 is 0 Å². The maximum Gasteiger partial charge on any atom is 0.0978 e. The van der Waals surface area contributed by atoms with Crippen LogP contribution in [-0.4, -0.2) is 19.9 Å². The summed E-state index contributed by atoms with van der Waals surface area (Å²) in [6.07, 6.45) is 0.687. The van der Waals surface area contributed by atoms with Gasteiger partial charge in [0.05, 0.1) is 44.8 Å². The highest BCUT2D eigenvalue weighted by molar-refractivity contribution is 6.12. The Hall–Kier alpha value is -10.2. The fraction of sp³-hybridized carbons (Fsp3) is 0.143. The van der Waals surface area contributed by atoms with Crippen LogP contribution < -0.4 is 0 Å². The number of aryl methyl sites for hydroxylation is 7. The van der Waals surface area contributed by atoms with Gasteiger partial charge in [0, 0.05) is 43.8 Å². The average Bonchev–Trinajstić information content (AvgIpc) is 0.803. The quantitative estimate of drug-likeness (QED) is 0.128. The molecule has 0 aliphatic rings. The lowest BCUT2D eigenvalue weighted by molar-refractivity contribution is 1.15. The minimum absolute atomic E-state index is 0.687. The van der Waals surface area contributed by atoms with E-state index in [9.17, 15) is 0 Å². The molecule has 14 rings (SSSR count). The third-order valence-electron chi connectivity index (χ3n) is 19.5. The standard InChI is InChI=1S/C84H70N4/c1-48-49(2)74-54(7)57(10)79(87-82(74)81-73(48)53(6)56(9)78(86-81)69-42-38-63(39-43-69)61-25-17-13-18-26-61)71-29-21-22-59(46-71)47-72-58(11)80(88-84-76(72)51(4)50(3)75-52(5)55(8)77(85-83(75)84)68-27-19-14-20-28-68)70-44-40-67(41-45-70)66-36-34-65(35-37-66)64-32-30-62(31-33-64)60-23-15-12-16-24-60/h12-46H,47H2,1-11H3. The predicted molar refractivity (Wildman–Crippen MR) is 372 cm³/mol. The van der Waals surface area contributed by atoms with Gasteiger partial charge in [0.15, 0.2) is 0 Å². The Kier molecular flexibility index (Phi) is 14.1. The molecule has 0 spiro atoms. The van der Waals surface area contributed by atoms with Crippen molar-refractivity contribution < 1.29 is 0 Å². The minimum Gasteiger partial charge on any atom is -0.245 e. The second-order valence-electron chi connectivity index (χ2n) is 24.4. The van der Waals surface area contributed by atoms with Crippen molar-refractivity contribution >= 4 is 43.6 Å². The van der Waals surface area contributed by atoms with E-state index in [2.05, 4.69) is 288 Å². The number of aromatic nitrogens is 4. The summed E-state index contributed by atoms with van der Waals surface area (Å²) in [6.45, 7) is 24.8. The third kappa shape index (κ3) is 9.47. The van der Waals surface area contributed by atoms with E-state index >= 15 is 0 Å². The van der Waals surface area contributed by atoms with Crippen molar-refractivity contribution in [2.75, 3.05) is 0 Å². The third-order valence-corrected chi connectivity index (χ3v) is 19.5. The summed E-state index contributed by atoms with van der Waals surface area (Å²) in [5.74, 6) is 0. The van der Waals surface area contributed by atoms with Crippen molar-refractivity contribution in [3.63, 3.8) is 0 Å². The molecule has 0 amide bonds. The first kappa shape index (κ1) is 55.7. The Morgan fingerprint density at radius 3 is 0.795 bits per heavy atom. The van der Waals surface area contributed by atoms with Crippen LogP contribution in [0.3, 0.4) is 0 Å². The topological polar surface area (TPSA) is 51.6 Å². The normalized spacial score (nSPS) is 11.6. The van der Waals surface area contributed by atoms with E-state index < -0.39 is 0 Å². The second kappa shape index (κ2) is 22.3. The van der Waals surface area contributed by atoms with Gasteiger partial charge in [-0.1, -0.05) is 206 Å². The van der Waals surface area contributed by atoms with E-state index in [1.165, 1.54) is 127 Å². The van der Waals surface area contributed by atoms with E-state index in [0.29, 0.717) is 6.42 Å². The first-order chi connectivity index (χ1) is 42.7. The summed E-state index contributed by atoms with van der Waals surface area (Å²) in [4.78, 5) is 22.8. The van der Waals surface area contributed by atoms with Gasteiger partial charge in [-0.05, 0) is 205 Å². The summed E-state index contributed by atoms with van der Waals surface area (Å²) < 4.78 is 0. The molecular weight excluding hydrogens is 1060 g/mol. The number of pyridine rings is 4. The molecule has 0 radical (unpaired) electrons. The smallest absolute Gasteiger partial charge is 0.0978 e. The molecule has 14 aromatic rings. The SMILES string of the molecule is Cc1c(-c2ccc(-c3ccccc3)cc2)nc2c(c1C)c(C)c(C)c1c(C)c(C)c(-c3cccc(Cc4c(C)c(-c5ccc(-c6ccc(-c7ccc(-c8ccccc8)cc7)cc6)cc5)nc5c4c(C)c(C)c4c(C)c(C)c(-c6ccccc6)nc45)c3)nc12. The Bertz CT molecular complexity index is 5080. The highest BCUT2D eigenvalue weighted by Crippen LogP contribution is 2.44. The first-order valence-electron chi connectivity index (χ1n) is 30.8. The summed E-state index contributed by atoms with van der Waals surface area (Å²) in [7, 11) is 0. The van der Waals surface area contributed by atoms with Crippen molar-refractivity contribution in [3.05, 3.63) is 285 Å². The fourth-order valence-electron chi connectivity index (χ4n) is 13.9. The molecule has 0 aliphatic carbocycles. The van der Waals surface area contributed by atoms with Crippen molar-refractivity contribution in [2.45, 2.75) is 82.6 Å². The summed E-state index contributed by atoms with van der Waals surface area (Å²) in [5.41, 5.74) is 37.5. The minimum atomic E-state index is 0.687. The lowest BCUT2D eigenvalue weighted by atomic mass is 9.86. The molecule has 4 aromatic heterocycles. The highest BCUT2D eigenvalue weighted by atomic mass is 14.8. The van der Waals surface area contributed by atoms with Crippen molar-refractivity contribution in [1.82, 2.24) is 19.9 Å². The van der Waals surface area contributed by atoms with Crippen molar-refractivity contribution in [1.29, 1.82) is 0 Å². The van der Waals surface area contributed by atoms with Gasteiger partial charge in [-0.15, -0.1) is 0 Å². The number of hydrogen-bond donors (Lipinski definition) is 0. The number of benzene rings is 10. The Morgan fingerprint density at radius 1 is 0.205 bits per heavy atom. The van der Waals surface area contributed by atoms with Gasteiger partial charge < -0.3 is 0 Å². The largest absolute Gasteiger partial charge is 0.245 e. The lowest BCUT2D eigenvalue weighted by Crippen LogP contribution is -2.06. The first-order valence-corrected chi connectivity index (χ1v) is 30.8. The molecular formula is C84H70N4. The monoisotopic (exact) mass is 1130 g/mol. The van der Waals surface area contributed by atoms with Crippen LogP contribution in [0.15, 0.2) is 212 Å². The number of fused-ring (bicyclic) bond motifs is 6. The van der Waals surface area contributed by atoms with E-state index in [4.69, 9.17) is 19.9 Å². The molecule has 0 bridgehead atoms. The summed E-state index contributed by atoms with van der Waals surface area (Å²) in [5, 5.41) is 4.74. The van der Waals surface area contributed by atoms with Crippen LogP contribution in [0.1, 0.15) is 72.3 Å². The molecule has 10 aromatic carbocycles. The van der Waals surface area contributed by atoms with Crippen LogP contribution in [0.25, 0.3) is 133 Å². The molecule has 0 aliphatic heterocycles. The summed E-state index contributed by atoms with van der Waals surface area (Å²) in [6, 6.07) is 76.5. The highest BCUT2D eigenvalue weighted by Gasteiger charge is 2.25. The predicted octanol–water partition coefficient (Wildman–Crippen LogP) is 22.2. The Balaban J connectivity index is 0.887. The van der Waals surface area contributed by atoms with Crippen LogP contribution in [-0.2, 0) is 6.42 Å². The molecule has 0 saturated heterocycles. The van der Waals surface area contributed by atoms with Gasteiger partial charge in [-0.2, -0.15) is 0 Å². The lowest BCUT2D eigenvalue weighted by Gasteiger charge is -2.22. The molecule has 0 atom stereocenters. The van der Waals surface area contributed by atoms with Crippen LogP contribution in [0.2, 0.25) is 0 Å². The maximum atomic E-state index is 5.78. The van der Waals surface area contributed by atoms with Gasteiger partial charge in [0.1, 0.15) is 0 Å². The van der Waals surface area contributed by atoms with E-state index in [0.717, 1.165) is 78.2 Å². The summed E-state index contributed by atoms with van der Waals surface area (Å²) >= 11 is 0. The molecule has 4 nitrogen and oxygen atoms in total. The zero-order valence-corrected chi connectivity index (χ0v) is 52.2. The number of hydrogen-bond acceptors (Lipinski definition) is 4. The van der Waals surface area contributed by atoms with Crippen LogP contribution in [0, 0.1) is 76.2 Å². The van der Waals surface area contributed by atoms with Crippen molar-refractivity contribution in [2.24, 2.45) is 0 Å². The maximum absolute atomic E-state index is 5.78. The van der Waals surface area contributed by atoms with Crippen LogP contribution in [0.5, 0.6) is 0 Å². The Labute approximate surface area is 517 Å². The molecule has 88 heavy (non-hydrogen) atoms. The van der Waals surface area contributed by atoms with E-state index in [1.807, 2.05) is 0 Å². The van der Waals surface area contributed by atoms with E-state index in [-0.39, 0.29) is 0 Å². The number of rotatable bonds is 10. The molecule has 0 fully saturated rings. The molecule has 426 valence electrons. The Morgan fingerprint density at radius 2 is 0.443 bits per heavy atom. The number of nitrogens with zero attached hydrogens (tertiary/aromatic N) is 4. The molecule has 4 heteroatoms. The van der Waals surface area contributed by atoms with Gasteiger partial charge in [0.2, 0.25) is 0 Å². The second-order valence-corrected chi connectivity index (χ2v) is 24.4. The average molecular weight is 1140 g/mol. The van der Waals surface area contributed by atoms with Gasteiger partial charge in [-0.25, -0.2) is 19.9 Å². The van der Waals surface area contributed by atoms with E-state index in [1.54, 1.807) is 0 Å². The molecule has 0 unspecified atom stereocenters. The molecule has 0 N–H and O–H groups in total. The van der Waals surface area contributed by atoms with Gasteiger partial charge in [0.25, 0.3) is 0 Å².